The Bertz CT molecular complexity index is 962. The maximum Gasteiger partial charge on any atom is 0.331 e. The van der Waals surface area contributed by atoms with E-state index in [1.807, 2.05) is 18.2 Å². The summed E-state index contributed by atoms with van der Waals surface area (Å²) in [5.41, 5.74) is 4.78. The molecule has 2 aromatic rings. The topological polar surface area (TPSA) is 59.0 Å². The lowest BCUT2D eigenvalue weighted by Gasteiger charge is -2.34. The molecule has 5 nitrogen and oxygen atoms in total. The summed E-state index contributed by atoms with van der Waals surface area (Å²) in [6.07, 6.45) is 8.52. The van der Waals surface area contributed by atoms with Gasteiger partial charge in [-0.3, -0.25) is 0 Å². The van der Waals surface area contributed by atoms with E-state index in [2.05, 4.69) is 42.2 Å². The molecule has 0 spiro atoms. The number of carboxylic acid groups (broad SMARTS) is 1. The van der Waals surface area contributed by atoms with Crippen molar-refractivity contribution in [3.63, 3.8) is 0 Å². The number of benzene rings is 2. The molecule has 2 aromatic carbocycles. The Balaban J connectivity index is 1.47. The minimum absolute atomic E-state index is 0.481. The molecule has 1 saturated carbocycles. The van der Waals surface area contributed by atoms with Crippen LogP contribution >= 0.6 is 0 Å². The number of carboxylic acids is 1. The molecule has 1 fully saturated rings. The smallest absolute Gasteiger partial charge is 0.331 e. The van der Waals surface area contributed by atoms with Gasteiger partial charge in [-0.05, 0) is 78.6 Å². The third kappa shape index (κ3) is 6.17. The van der Waals surface area contributed by atoms with E-state index in [1.165, 1.54) is 19.3 Å². The van der Waals surface area contributed by atoms with Crippen LogP contribution in [0.3, 0.4) is 0 Å². The highest BCUT2D eigenvalue weighted by Crippen LogP contribution is 2.35. The molecular formula is C28H35NO4. The first-order chi connectivity index (χ1) is 16.1. The number of carbonyl (C=O) groups is 1. The van der Waals surface area contributed by atoms with Gasteiger partial charge in [-0.25, -0.2) is 4.79 Å². The Morgan fingerprint density at radius 2 is 1.85 bits per heavy atom. The number of fused-ring (bicyclic) bond motifs is 1. The lowest BCUT2D eigenvalue weighted by atomic mass is 9.85. The van der Waals surface area contributed by atoms with Crippen molar-refractivity contribution in [3.05, 3.63) is 53.6 Å². The summed E-state index contributed by atoms with van der Waals surface area (Å²) in [5, 5.41) is 9.65. The molecule has 2 aliphatic rings. The number of aliphatic carboxylic acids is 1. The van der Waals surface area contributed by atoms with Crippen LogP contribution in [0, 0.1) is 5.92 Å². The van der Waals surface area contributed by atoms with E-state index in [0.29, 0.717) is 25.2 Å². The van der Waals surface area contributed by atoms with Gasteiger partial charge in [0.05, 0.1) is 6.61 Å². The molecule has 4 rings (SSSR count). The molecule has 1 aliphatic carbocycles. The van der Waals surface area contributed by atoms with Crippen LogP contribution in [0.4, 0.5) is 5.69 Å². The molecule has 1 aliphatic heterocycles. The van der Waals surface area contributed by atoms with E-state index >= 15 is 0 Å². The number of nitrogens with zero attached hydrogens (tertiary/aromatic N) is 1. The number of rotatable bonds is 11. The first-order valence-electron chi connectivity index (χ1n) is 12.3. The van der Waals surface area contributed by atoms with Gasteiger partial charge in [-0.2, -0.15) is 0 Å². The molecule has 0 bridgehead atoms. The van der Waals surface area contributed by atoms with Crippen molar-refractivity contribution in [2.45, 2.75) is 45.4 Å². The summed E-state index contributed by atoms with van der Waals surface area (Å²) in [6, 6.07) is 14.5. The normalized spacial score (nSPS) is 15.9. The van der Waals surface area contributed by atoms with Gasteiger partial charge >= 0.3 is 5.97 Å². The molecule has 33 heavy (non-hydrogen) atoms. The number of ether oxygens (including phenoxy) is 2. The van der Waals surface area contributed by atoms with Crippen LogP contribution in [-0.4, -0.2) is 44.0 Å². The minimum Gasteiger partial charge on any atom is -0.491 e. The molecule has 0 unspecified atom stereocenters. The Hall–Kier alpha value is -2.79. The zero-order valence-corrected chi connectivity index (χ0v) is 19.6. The zero-order chi connectivity index (χ0) is 23.0. The molecule has 0 amide bonds. The van der Waals surface area contributed by atoms with Gasteiger partial charge in [-0.1, -0.05) is 38.0 Å². The third-order valence-corrected chi connectivity index (χ3v) is 6.65. The molecule has 0 radical (unpaired) electrons. The van der Waals surface area contributed by atoms with Gasteiger partial charge in [0.15, 0.2) is 0 Å². The van der Waals surface area contributed by atoms with Crippen LogP contribution in [-0.2, 0) is 9.53 Å². The van der Waals surface area contributed by atoms with Crippen LogP contribution in [0.15, 0.2) is 48.0 Å². The molecule has 5 heteroatoms. The maximum atomic E-state index is 11.8. The quantitative estimate of drug-likeness (QED) is 0.425. The van der Waals surface area contributed by atoms with Crippen LogP contribution < -0.4 is 9.64 Å². The summed E-state index contributed by atoms with van der Waals surface area (Å²) in [7, 11) is 0. The summed E-state index contributed by atoms with van der Waals surface area (Å²) < 4.78 is 11.3. The SMILES string of the molecule is CCCCOCCOc1ccc(-c2ccc3c(c2)C=C(C(=O)O)CCN3CC2CCC2)cc1. The van der Waals surface area contributed by atoms with E-state index in [-0.39, 0.29) is 0 Å². The molecule has 1 heterocycles. The predicted octanol–water partition coefficient (Wildman–Crippen LogP) is 6.03. The molecule has 1 N–H and O–H groups in total. The Morgan fingerprint density at radius 1 is 1.06 bits per heavy atom. The molecule has 0 aromatic heterocycles. The average molecular weight is 450 g/mol. The second-order valence-corrected chi connectivity index (χ2v) is 9.08. The van der Waals surface area contributed by atoms with E-state index < -0.39 is 5.97 Å². The largest absolute Gasteiger partial charge is 0.491 e. The van der Waals surface area contributed by atoms with Crippen molar-refractivity contribution in [2.75, 3.05) is 37.8 Å². The number of hydrogen-bond acceptors (Lipinski definition) is 4. The van der Waals surface area contributed by atoms with Crippen molar-refractivity contribution < 1.29 is 19.4 Å². The monoisotopic (exact) mass is 449 g/mol. The first-order valence-corrected chi connectivity index (χ1v) is 12.3. The van der Waals surface area contributed by atoms with E-state index in [0.717, 1.165) is 66.6 Å². The highest BCUT2D eigenvalue weighted by atomic mass is 16.5. The summed E-state index contributed by atoms with van der Waals surface area (Å²) in [6.45, 7) is 5.85. The van der Waals surface area contributed by atoms with E-state index in [4.69, 9.17) is 9.47 Å². The Kier molecular flexibility index (Phi) is 8.05. The Morgan fingerprint density at radius 3 is 2.55 bits per heavy atom. The highest BCUT2D eigenvalue weighted by Gasteiger charge is 2.25. The van der Waals surface area contributed by atoms with Crippen LogP contribution in [0.2, 0.25) is 0 Å². The zero-order valence-electron chi connectivity index (χ0n) is 19.6. The number of hydrogen-bond donors (Lipinski definition) is 1. The van der Waals surface area contributed by atoms with Gasteiger partial charge in [0, 0.05) is 31.0 Å². The molecule has 0 atom stereocenters. The fourth-order valence-electron chi connectivity index (χ4n) is 4.43. The Labute approximate surface area is 197 Å². The summed E-state index contributed by atoms with van der Waals surface area (Å²) in [4.78, 5) is 14.1. The lowest BCUT2D eigenvalue weighted by molar-refractivity contribution is -0.132. The van der Waals surface area contributed by atoms with Crippen molar-refractivity contribution in [3.8, 4) is 16.9 Å². The second kappa shape index (κ2) is 11.4. The fraction of sp³-hybridized carbons (Fsp3) is 0.464. The highest BCUT2D eigenvalue weighted by molar-refractivity contribution is 5.94. The molecule has 176 valence electrons. The van der Waals surface area contributed by atoms with Gasteiger partial charge in [0.2, 0.25) is 0 Å². The number of anilines is 1. The van der Waals surface area contributed by atoms with Gasteiger partial charge in [0.1, 0.15) is 12.4 Å². The maximum absolute atomic E-state index is 11.8. The fourth-order valence-corrected chi connectivity index (χ4v) is 4.43. The van der Waals surface area contributed by atoms with Crippen LogP contribution in [0.5, 0.6) is 5.75 Å². The third-order valence-electron chi connectivity index (χ3n) is 6.65. The van der Waals surface area contributed by atoms with E-state index in [9.17, 15) is 9.90 Å². The van der Waals surface area contributed by atoms with Gasteiger partial charge in [0.25, 0.3) is 0 Å². The summed E-state index contributed by atoms with van der Waals surface area (Å²) >= 11 is 0. The van der Waals surface area contributed by atoms with Gasteiger partial charge in [-0.15, -0.1) is 0 Å². The predicted molar refractivity (Wildman–Crippen MR) is 133 cm³/mol. The first kappa shape index (κ1) is 23.4. The van der Waals surface area contributed by atoms with Crippen molar-refractivity contribution >= 4 is 17.7 Å². The molecule has 0 saturated heterocycles. The minimum atomic E-state index is -0.822. The standard InChI is InChI=1S/C28H35NO4/c1-2-3-15-32-16-17-33-26-10-7-22(8-11-26)23-9-12-27-25(18-23)19-24(28(30)31)13-14-29(27)20-21-5-4-6-21/h7-12,18-19,21H,2-6,13-17,20H2,1H3,(H,30,31). The summed E-state index contributed by atoms with van der Waals surface area (Å²) in [5.74, 6) is 0.734. The van der Waals surface area contributed by atoms with Crippen molar-refractivity contribution in [1.29, 1.82) is 0 Å². The number of unbranched alkanes of at least 4 members (excludes halogenated alkanes) is 1. The van der Waals surface area contributed by atoms with Crippen molar-refractivity contribution in [2.24, 2.45) is 5.92 Å². The second-order valence-electron chi connectivity index (χ2n) is 9.08. The lowest BCUT2D eigenvalue weighted by Crippen LogP contribution is -2.33. The average Bonchev–Trinajstić information content (AvgIpc) is 2.98. The van der Waals surface area contributed by atoms with Gasteiger partial charge < -0.3 is 19.5 Å². The molecular weight excluding hydrogens is 414 g/mol. The van der Waals surface area contributed by atoms with Crippen LogP contribution in [0.25, 0.3) is 17.2 Å². The van der Waals surface area contributed by atoms with Crippen LogP contribution in [0.1, 0.15) is 51.0 Å². The van der Waals surface area contributed by atoms with Crippen molar-refractivity contribution in [1.82, 2.24) is 0 Å². The van der Waals surface area contributed by atoms with E-state index in [1.54, 1.807) is 0 Å².